The Morgan fingerprint density at radius 3 is 1.40 bits per heavy atom. The summed E-state index contributed by atoms with van der Waals surface area (Å²) in [5, 5.41) is 0. The molecule has 0 N–H and O–H groups in total. The summed E-state index contributed by atoms with van der Waals surface area (Å²) in [6.45, 7) is 4.00. The van der Waals surface area contributed by atoms with Gasteiger partial charge in [-0.2, -0.15) is 0 Å². The van der Waals surface area contributed by atoms with Crippen molar-refractivity contribution < 1.29 is 2.85 Å². The zero-order valence-electron chi connectivity index (χ0n) is 3.73. The van der Waals surface area contributed by atoms with Gasteiger partial charge < -0.3 is 0 Å². The Morgan fingerprint density at radius 1 is 1.20 bits per heavy atom. The SMILES string of the molecule is C/C=C/C.[Ga].[HH].[HH]. The Bertz CT molecular complexity index is 24.9. The second-order valence-electron chi connectivity index (χ2n) is 0.667. The van der Waals surface area contributed by atoms with Crippen LogP contribution in [0.15, 0.2) is 12.2 Å². The van der Waals surface area contributed by atoms with E-state index < -0.39 is 0 Å². The maximum Gasteiger partial charge on any atom is 0 e. The zero-order valence-corrected chi connectivity index (χ0v) is 6.15. The van der Waals surface area contributed by atoms with Crippen molar-refractivity contribution in [1.82, 2.24) is 0 Å². The van der Waals surface area contributed by atoms with Crippen molar-refractivity contribution >= 4 is 19.8 Å². The van der Waals surface area contributed by atoms with Crippen molar-refractivity contribution in [2.75, 3.05) is 0 Å². The molecule has 0 unspecified atom stereocenters. The van der Waals surface area contributed by atoms with Crippen molar-refractivity contribution in [2.45, 2.75) is 13.8 Å². The zero-order chi connectivity index (χ0) is 3.41. The van der Waals surface area contributed by atoms with Gasteiger partial charge in [0.25, 0.3) is 0 Å². The van der Waals surface area contributed by atoms with Gasteiger partial charge in [-0.1, -0.05) is 12.2 Å². The van der Waals surface area contributed by atoms with Gasteiger partial charge in [0.05, 0.1) is 0 Å². The average Bonchev–Trinajstić information content (AvgIpc) is 1.37. The summed E-state index contributed by atoms with van der Waals surface area (Å²) in [6.07, 6.45) is 4.00. The van der Waals surface area contributed by atoms with Gasteiger partial charge in [0.2, 0.25) is 0 Å². The monoisotopic (exact) mass is 129 g/mol. The van der Waals surface area contributed by atoms with Crippen LogP contribution in [0.5, 0.6) is 0 Å². The van der Waals surface area contributed by atoms with Crippen LogP contribution in [-0.2, 0) is 0 Å². The summed E-state index contributed by atoms with van der Waals surface area (Å²) in [5.41, 5.74) is 0. The summed E-state index contributed by atoms with van der Waals surface area (Å²) in [5.74, 6) is 0. The van der Waals surface area contributed by atoms with Gasteiger partial charge in [-0.3, -0.25) is 0 Å². The molecule has 5 heavy (non-hydrogen) atoms. The Hall–Kier alpha value is 0.376. The van der Waals surface area contributed by atoms with Crippen LogP contribution in [0.2, 0.25) is 0 Å². The molecule has 0 nitrogen and oxygen atoms in total. The van der Waals surface area contributed by atoms with Crippen molar-refractivity contribution in [3.05, 3.63) is 12.2 Å². The van der Waals surface area contributed by atoms with E-state index in [9.17, 15) is 0 Å². The number of rotatable bonds is 0. The molecule has 0 aromatic carbocycles. The van der Waals surface area contributed by atoms with Crippen LogP contribution in [0.3, 0.4) is 0 Å². The van der Waals surface area contributed by atoms with Crippen LogP contribution in [-0.4, -0.2) is 19.8 Å². The first-order valence-electron chi connectivity index (χ1n) is 1.49. The van der Waals surface area contributed by atoms with Gasteiger partial charge in [0.1, 0.15) is 0 Å². The summed E-state index contributed by atoms with van der Waals surface area (Å²) < 4.78 is 0. The third kappa shape index (κ3) is 13.0. The van der Waals surface area contributed by atoms with E-state index in [2.05, 4.69) is 0 Å². The quantitative estimate of drug-likeness (QED) is 0.345. The van der Waals surface area contributed by atoms with Crippen molar-refractivity contribution in [3.63, 3.8) is 0 Å². The summed E-state index contributed by atoms with van der Waals surface area (Å²) in [4.78, 5) is 0. The average molecular weight is 130 g/mol. The molecule has 0 aliphatic heterocycles. The van der Waals surface area contributed by atoms with Crippen LogP contribution in [0.1, 0.15) is 16.7 Å². The molecule has 0 aromatic heterocycles. The molecule has 0 amide bonds. The first kappa shape index (κ1) is 9.03. The van der Waals surface area contributed by atoms with Crippen LogP contribution in [0, 0.1) is 0 Å². The molecule has 0 aliphatic rings. The molecule has 0 bridgehead atoms. The molecule has 0 aromatic rings. The summed E-state index contributed by atoms with van der Waals surface area (Å²) in [6, 6.07) is 0. The van der Waals surface area contributed by atoms with Gasteiger partial charge in [-0.15, -0.1) is 0 Å². The minimum absolute atomic E-state index is 0. The molecule has 0 heterocycles. The van der Waals surface area contributed by atoms with E-state index in [-0.39, 0.29) is 22.6 Å². The van der Waals surface area contributed by atoms with Gasteiger partial charge in [-0.25, -0.2) is 0 Å². The topological polar surface area (TPSA) is 0 Å². The van der Waals surface area contributed by atoms with Crippen LogP contribution < -0.4 is 0 Å². The molecule has 0 saturated carbocycles. The van der Waals surface area contributed by atoms with E-state index in [1.165, 1.54) is 0 Å². The molecular weight excluding hydrogens is 118 g/mol. The predicted octanol–water partition coefficient (Wildman–Crippen LogP) is 1.69. The first-order valence-corrected chi connectivity index (χ1v) is 1.49. The third-order valence-electron chi connectivity index (χ3n) is 0.333. The van der Waals surface area contributed by atoms with E-state index in [0.717, 1.165) is 0 Å². The molecule has 0 atom stereocenters. The van der Waals surface area contributed by atoms with E-state index in [4.69, 9.17) is 0 Å². The van der Waals surface area contributed by atoms with E-state index in [1.807, 2.05) is 26.0 Å². The predicted molar refractivity (Wildman–Crippen MR) is 30.5 cm³/mol. The molecular formula is C4H12Ga. The molecule has 31 valence electrons. The standard InChI is InChI=1S/C4H8.Ga.2H2/c1-3-4-2;;;/h3-4H,1-2H3;;2*1H/b4-3+;;;. The molecule has 0 rings (SSSR count). The smallest absolute Gasteiger partial charge is 0 e. The fourth-order valence-electron chi connectivity index (χ4n) is 0. The normalized spacial score (nSPS) is 7.60. The van der Waals surface area contributed by atoms with Crippen LogP contribution >= 0.6 is 0 Å². The maximum atomic E-state index is 2.00. The molecule has 0 fully saturated rings. The van der Waals surface area contributed by atoms with Gasteiger partial charge in [0.15, 0.2) is 0 Å². The number of hydrogen-bond donors (Lipinski definition) is 0. The van der Waals surface area contributed by atoms with E-state index >= 15 is 0 Å². The molecule has 0 aliphatic carbocycles. The second kappa shape index (κ2) is 8.83. The maximum absolute atomic E-state index is 2.00. The van der Waals surface area contributed by atoms with Gasteiger partial charge in [-0.05, 0) is 13.8 Å². The fourth-order valence-corrected chi connectivity index (χ4v) is 0. The minimum Gasteiger partial charge on any atom is -0.0919 e. The summed E-state index contributed by atoms with van der Waals surface area (Å²) >= 11 is 0. The Balaban J connectivity index is -0.0000000150. The fraction of sp³-hybridized carbons (Fsp3) is 0.500. The Labute approximate surface area is 49.3 Å². The number of hydrogen-bond acceptors (Lipinski definition) is 0. The minimum atomic E-state index is 0. The molecule has 1 heteroatoms. The van der Waals surface area contributed by atoms with E-state index in [1.54, 1.807) is 0 Å². The van der Waals surface area contributed by atoms with Gasteiger partial charge >= 0.3 is 0 Å². The molecule has 0 saturated heterocycles. The van der Waals surface area contributed by atoms with Crippen LogP contribution in [0.25, 0.3) is 0 Å². The molecule has 3 radical (unpaired) electrons. The van der Waals surface area contributed by atoms with Crippen molar-refractivity contribution in [3.8, 4) is 0 Å². The molecule has 0 spiro atoms. The Morgan fingerprint density at radius 2 is 1.40 bits per heavy atom. The Kier molecular flexibility index (Phi) is 16.0. The van der Waals surface area contributed by atoms with Crippen molar-refractivity contribution in [2.24, 2.45) is 0 Å². The van der Waals surface area contributed by atoms with Crippen molar-refractivity contribution in [1.29, 1.82) is 0 Å². The second-order valence-corrected chi connectivity index (χ2v) is 0.667. The third-order valence-corrected chi connectivity index (χ3v) is 0.333. The number of allylic oxidation sites excluding steroid dienone is 2. The van der Waals surface area contributed by atoms with E-state index in [0.29, 0.717) is 0 Å². The first-order chi connectivity index (χ1) is 1.91. The van der Waals surface area contributed by atoms with Gasteiger partial charge in [0, 0.05) is 22.6 Å². The van der Waals surface area contributed by atoms with Crippen LogP contribution in [0.4, 0.5) is 0 Å². The summed E-state index contributed by atoms with van der Waals surface area (Å²) in [7, 11) is 0. The largest absolute Gasteiger partial charge is 0.0919 e.